The molecule has 3 rings (SSSR count). The lowest BCUT2D eigenvalue weighted by molar-refractivity contribution is 0.111. The molecule has 1 aliphatic carbocycles. The molecule has 1 fully saturated rings. The Morgan fingerprint density at radius 1 is 1.18 bits per heavy atom. The monoisotopic (exact) mass is 400 g/mol. The summed E-state index contributed by atoms with van der Waals surface area (Å²) in [5.74, 6) is 1.26. The lowest BCUT2D eigenvalue weighted by Crippen LogP contribution is -2.27. The highest BCUT2D eigenvalue weighted by molar-refractivity contribution is 6.28. The van der Waals surface area contributed by atoms with Gasteiger partial charge in [0.1, 0.15) is 11.5 Å². The number of hydrogen-bond donors (Lipinski definition) is 1. The summed E-state index contributed by atoms with van der Waals surface area (Å²) < 4.78 is 0. The molecule has 0 aliphatic heterocycles. The minimum atomic E-state index is 0.0689. The number of halogens is 1. The third-order valence-electron chi connectivity index (χ3n) is 5.66. The van der Waals surface area contributed by atoms with Crippen molar-refractivity contribution in [2.75, 3.05) is 12.4 Å². The molecular weight excluding hydrogens is 372 g/mol. The SMILES string of the molecule is CC(C)N(C)Cc1c(C=O)nc(Cl)nc1Nc1ccc(C2CCCCC2)cc1. The molecule has 0 spiro atoms. The van der Waals surface area contributed by atoms with Gasteiger partial charge in [-0.25, -0.2) is 9.97 Å². The normalized spacial score (nSPS) is 15.2. The van der Waals surface area contributed by atoms with Crippen molar-refractivity contribution < 1.29 is 4.79 Å². The van der Waals surface area contributed by atoms with Crippen LogP contribution in [0.1, 0.15) is 73.5 Å². The fourth-order valence-corrected chi connectivity index (χ4v) is 3.85. The number of rotatable bonds is 7. The van der Waals surface area contributed by atoms with Crippen LogP contribution >= 0.6 is 11.6 Å². The van der Waals surface area contributed by atoms with Gasteiger partial charge in [0.25, 0.3) is 0 Å². The second kappa shape index (κ2) is 9.48. The van der Waals surface area contributed by atoms with Crippen LogP contribution in [0.5, 0.6) is 0 Å². The maximum atomic E-state index is 11.6. The summed E-state index contributed by atoms with van der Waals surface area (Å²) in [6.45, 7) is 4.77. The smallest absolute Gasteiger partial charge is 0.225 e. The average molecular weight is 401 g/mol. The predicted molar refractivity (Wildman–Crippen MR) is 115 cm³/mol. The molecule has 0 amide bonds. The predicted octanol–water partition coefficient (Wildman–Crippen LogP) is 5.57. The summed E-state index contributed by atoms with van der Waals surface area (Å²) in [5, 5.41) is 3.41. The summed E-state index contributed by atoms with van der Waals surface area (Å²) in [4.78, 5) is 22.2. The van der Waals surface area contributed by atoms with Gasteiger partial charge in [0.15, 0.2) is 6.29 Å². The molecule has 0 unspecified atom stereocenters. The molecular formula is C22H29ClN4O. The fraction of sp³-hybridized carbons (Fsp3) is 0.500. The van der Waals surface area contributed by atoms with Gasteiger partial charge in [-0.1, -0.05) is 31.4 Å². The van der Waals surface area contributed by atoms with Gasteiger partial charge in [-0.3, -0.25) is 9.69 Å². The zero-order chi connectivity index (χ0) is 20.1. The van der Waals surface area contributed by atoms with E-state index in [1.807, 2.05) is 7.05 Å². The van der Waals surface area contributed by atoms with Gasteiger partial charge >= 0.3 is 0 Å². The highest BCUT2D eigenvalue weighted by atomic mass is 35.5. The highest BCUT2D eigenvalue weighted by Crippen LogP contribution is 2.33. The summed E-state index contributed by atoms with van der Waals surface area (Å²) in [6, 6.07) is 8.88. The molecule has 1 aliphatic rings. The highest BCUT2D eigenvalue weighted by Gasteiger charge is 2.18. The van der Waals surface area contributed by atoms with Crippen LogP contribution in [0.15, 0.2) is 24.3 Å². The summed E-state index contributed by atoms with van der Waals surface area (Å²) >= 11 is 6.06. The maximum absolute atomic E-state index is 11.6. The Morgan fingerprint density at radius 3 is 2.46 bits per heavy atom. The number of benzene rings is 1. The Kier molecular flexibility index (Phi) is 7.03. The Hall–Kier alpha value is -1.98. The van der Waals surface area contributed by atoms with Crippen LogP contribution in [0.4, 0.5) is 11.5 Å². The summed E-state index contributed by atoms with van der Waals surface area (Å²) in [5.41, 5.74) is 3.42. The van der Waals surface area contributed by atoms with Gasteiger partial charge in [-0.15, -0.1) is 0 Å². The zero-order valence-electron chi connectivity index (χ0n) is 16.9. The number of aldehydes is 1. The van der Waals surface area contributed by atoms with Gasteiger partial charge in [-0.2, -0.15) is 0 Å². The molecule has 2 aromatic rings. The van der Waals surface area contributed by atoms with Gasteiger partial charge in [0.2, 0.25) is 5.28 Å². The Labute approximate surface area is 172 Å². The first-order valence-electron chi connectivity index (χ1n) is 10.1. The molecule has 28 heavy (non-hydrogen) atoms. The molecule has 6 heteroatoms. The van der Waals surface area contributed by atoms with Crippen molar-refractivity contribution >= 4 is 29.4 Å². The van der Waals surface area contributed by atoms with Crippen molar-refractivity contribution in [3.8, 4) is 0 Å². The number of carbonyl (C=O) groups excluding carboxylic acids is 1. The number of nitrogens with zero attached hydrogens (tertiary/aromatic N) is 3. The second-order valence-electron chi connectivity index (χ2n) is 7.91. The van der Waals surface area contributed by atoms with E-state index in [1.165, 1.54) is 37.7 Å². The van der Waals surface area contributed by atoms with Crippen LogP contribution in [0.25, 0.3) is 0 Å². The molecule has 1 aromatic carbocycles. The summed E-state index contributed by atoms with van der Waals surface area (Å²) in [6.07, 6.45) is 7.31. The maximum Gasteiger partial charge on any atom is 0.225 e. The number of anilines is 2. The van der Waals surface area contributed by atoms with Crippen LogP contribution in [0.2, 0.25) is 5.28 Å². The molecule has 0 atom stereocenters. The number of carbonyl (C=O) groups is 1. The van der Waals surface area contributed by atoms with E-state index in [9.17, 15) is 4.79 Å². The van der Waals surface area contributed by atoms with Crippen LogP contribution in [-0.2, 0) is 6.54 Å². The largest absolute Gasteiger partial charge is 0.340 e. The second-order valence-corrected chi connectivity index (χ2v) is 8.25. The zero-order valence-corrected chi connectivity index (χ0v) is 17.7. The molecule has 1 heterocycles. The quantitative estimate of drug-likeness (QED) is 0.486. The van der Waals surface area contributed by atoms with Crippen molar-refractivity contribution in [2.45, 2.75) is 64.5 Å². The molecule has 1 aromatic heterocycles. The lowest BCUT2D eigenvalue weighted by Gasteiger charge is -2.23. The van der Waals surface area contributed by atoms with E-state index < -0.39 is 0 Å². The lowest BCUT2D eigenvalue weighted by atomic mass is 9.84. The van der Waals surface area contributed by atoms with Gasteiger partial charge in [-0.05, 0) is 69.0 Å². The molecule has 5 nitrogen and oxygen atoms in total. The van der Waals surface area contributed by atoms with E-state index in [0.29, 0.717) is 30.0 Å². The standard InChI is InChI=1S/C22H29ClN4O/c1-15(2)27(3)13-19-20(14-28)25-22(23)26-21(19)24-18-11-9-17(10-12-18)16-7-5-4-6-8-16/h9-12,14-16H,4-8,13H2,1-3H3,(H,24,25,26). The Balaban J connectivity index is 1.84. The van der Waals surface area contributed by atoms with Crippen molar-refractivity contribution in [3.05, 3.63) is 46.4 Å². The third kappa shape index (κ3) is 5.09. The van der Waals surface area contributed by atoms with E-state index in [2.05, 4.69) is 58.3 Å². The van der Waals surface area contributed by atoms with Crippen molar-refractivity contribution in [1.82, 2.24) is 14.9 Å². The van der Waals surface area contributed by atoms with Gasteiger partial charge in [0, 0.05) is 23.8 Å². The van der Waals surface area contributed by atoms with E-state index >= 15 is 0 Å². The van der Waals surface area contributed by atoms with Crippen LogP contribution in [-0.4, -0.2) is 34.2 Å². The van der Waals surface area contributed by atoms with Crippen LogP contribution < -0.4 is 5.32 Å². The molecule has 0 bridgehead atoms. The van der Waals surface area contributed by atoms with Gasteiger partial charge in [0.05, 0.1) is 0 Å². The average Bonchev–Trinajstić information content (AvgIpc) is 2.70. The van der Waals surface area contributed by atoms with E-state index in [1.54, 1.807) is 0 Å². The Bertz CT molecular complexity index is 801. The molecule has 1 N–H and O–H groups in total. The van der Waals surface area contributed by atoms with Crippen LogP contribution in [0.3, 0.4) is 0 Å². The molecule has 0 radical (unpaired) electrons. The minimum absolute atomic E-state index is 0.0689. The number of aromatic nitrogens is 2. The number of nitrogens with one attached hydrogen (secondary N) is 1. The molecule has 0 saturated heterocycles. The fourth-order valence-electron chi connectivity index (χ4n) is 3.67. The van der Waals surface area contributed by atoms with E-state index in [-0.39, 0.29) is 5.28 Å². The van der Waals surface area contributed by atoms with Crippen molar-refractivity contribution in [1.29, 1.82) is 0 Å². The minimum Gasteiger partial charge on any atom is -0.340 e. The topological polar surface area (TPSA) is 58.1 Å². The first kappa shape index (κ1) is 20.7. The van der Waals surface area contributed by atoms with E-state index in [4.69, 9.17) is 11.6 Å². The van der Waals surface area contributed by atoms with Gasteiger partial charge < -0.3 is 5.32 Å². The first-order valence-corrected chi connectivity index (χ1v) is 10.4. The first-order chi connectivity index (χ1) is 13.5. The Morgan fingerprint density at radius 2 is 1.86 bits per heavy atom. The third-order valence-corrected chi connectivity index (χ3v) is 5.83. The molecule has 1 saturated carbocycles. The summed E-state index contributed by atoms with van der Waals surface area (Å²) in [7, 11) is 2.01. The van der Waals surface area contributed by atoms with Crippen molar-refractivity contribution in [3.63, 3.8) is 0 Å². The number of hydrogen-bond acceptors (Lipinski definition) is 5. The van der Waals surface area contributed by atoms with Crippen LogP contribution in [0, 0.1) is 0 Å². The van der Waals surface area contributed by atoms with Crippen molar-refractivity contribution in [2.24, 2.45) is 0 Å². The van der Waals surface area contributed by atoms with E-state index in [0.717, 1.165) is 17.5 Å². The molecule has 150 valence electrons.